The van der Waals surface area contributed by atoms with Gasteiger partial charge in [0.2, 0.25) is 5.91 Å². The smallest absolute Gasteiger partial charge is 0.263 e. The van der Waals surface area contributed by atoms with Gasteiger partial charge in [-0.05, 0) is 31.4 Å². The number of hydrogen-bond acceptors (Lipinski definition) is 2. The van der Waals surface area contributed by atoms with Crippen molar-refractivity contribution in [1.29, 1.82) is 0 Å². The van der Waals surface area contributed by atoms with Gasteiger partial charge in [-0.15, -0.1) is 0 Å². The molecule has 110 valence electrons. The minimum absolute atomic E-state index is 0.0255. The van der Waals surface area contributed by atoms with Gasteiger partial charge in [-0.1, -0.05) is 18.2 Å². The van der Waals surface area contributed by atoms with Gasteiger partial charge in [0.15, 0.2) is 0 Å². The second kappa shape index (κ2) is 6.31. The quantitative estimate of drug-likeness (QED) is 0.926. The van der Waals surface area contributed by atoms with Gasteiger partial charge in [0, 0.05) is 24.6 Å². The van der Waals surface area contributed by atoms with Crippen LogP contribution < -0.4 is 5.73 Å². The molecular formula is C15H20F2N2O. The minimum Gasteiger partial charge on any atom is -0.334 e. The Labute approximate surface area is 117 Å². The molecular weight excluding hydrogens is 262 g/mol. The molecule has 1 fully saturated rings. The van der Waals surface area contributed by atoms with Crippen LogP contribution >= 0.6 is 0 Å². The summed E-state index contributed by atoms with van der Waals surface area (Å²) in [6.45, 7) is 2.43. The van der Waals surface area contributed by atoms with Crippen molar-refractivity contribution in [2.24, 2.45) is 5.73 Å². The number of nitrogens with two attached hydrogens (primary N) is 1. The standard InChI is InChI=1S/C15H20F2N2O/c1-2-19-13(20)8-4-7-12(18)14(19)10-5-3-6-11(9-10)15(16)17/h3,5-6,9,12,14-15H,2,4,7-8,18H2,1H3. The third-order valence-corrected chi connectivity index (χ3v) is 3.83. The summed E-state index contributed by atoms with van der Waals surface area (Å²) < 4.78 is 25.7. The Kier molecular flexibility index (Phi) is 4.70. The van der Waals surface area contributed by atoms with Crippen LogP contribution in [0.3, 0.4) is 0 Å². The number of alkyl halides is 2. The van der Waals surface area contributed by atoms with Gasteiger partial charge < -0.3 is 10.6 Å². The van der Waals surface area contributed by atoms with Gasteiger partial charge in [0.05, 0.1) is 6.04 Å². The first-order valence-electron chi connectivity index (χ1n) is 6.97. The molecule has 1 heterocycles. The molecule has 1 aliphatic rings. The molecule has 0 aliphatic carbocycles. The summed E-state index contributed by atoms with van der Waals surface area (Å²) >= 11 is 0. The zero-order chi connectivity index (χ0) is 14.7. The highest BCUT2D eigenvalue weighted by Crippen LogP contribution is 2.31. The first-order chi connectivity index (χ1) is 9.54. The van der Waals surface area contributed by atoms with Crippen molar-refractivity contribution >= 4 is 5.91 Å². The van der Waals surface area contributed by atoms with Crippen LogP contribution in [-0.4, -0.2) is 23.4 Å². The summed E-state index contributed by atoms with van der Waals surface area (Å²) in [7, 11) is 0. The summed E-state index contributed by atoms with van der Waals surface area (Å²) in [6.07, 6.45) is -0.553. The summed E-state index contributed by atoms with van der Waals surface area (Å²) in [6, 6.07) is 5.72. The predicted octanol–water partition coefficient (Wildman–Crippen LogP) is 3.03. The van der Waals surface area contributed by atoms with Crippen LogP contribution in [0.5, 0.6) is 0 Å². The average Bonchev–Trinajstić information content (AvgIpc) is 2.57. The lowest BCUT2D eigenvalue weighted by Crippen LogP contribution is -2.42. The van der Waals surface area contributed by atoms with Gasteiger partial charge in [0.1, 0.15) is 0 Å². The molecule has 3 nitrogen and oxygen atoms in total. The van der Waals surface area contributed by atoms with Crippen LogP contribution in [0.2, 0.25) is 0 Å². The number of rotatable bonds is 3. The molecule has 1 saturated heterocycles. The number of halogens is 2. The Hall–Kier alpha value is -1.49. The molecule has 2 rings (SSSR count). The summed E-state index contributed by atoms with van der Waals surface area (Å²) in [5.74, 6) is 0.0490. The highest BCUT2D eigenvalue weighted by molar-refractivity contribution is 5.77. The SMILES string of the molecule is CCN1C(=O)CCCC(N)C1c1cccc(C(F)F)c1. The first-order valence-corrected chi connectivity index (χ1v) is 6.97. The van der Waals surface area contributed by atoms with E-state index in [0.29, 0.717) is 18.5 Å². The zero-order valence-corrected chi connectivity index (χ0v) is 11.6. The molecule has 0 saturated carbocycles. The van der Waals surface area contributed by atoms with Crippen molar-refractivity contribution in [2.45, 2.75) is 44.7 Å². The van der Waals surface area contributed by atoms with E-state index in [4.69, 9.17) is 5.73 Å². The maximum atomic E-state index is 12.8. The Morgan fingerprint density at radius 1 is 1.45 bits per heavy atom. The molecule has 20 heavy (non-hydrogen) atoms. The van der Waals surface area contributed by atoms with Crippen LogP contribution in [0.15, 0.2) is 24.3 Å². The molecule has 5 heteroatoms. The minimum atomic E-state index is -2.51. The summed E-state index contributed by atoms with van der Waals surface area (Å²) in [4.78, 5) is 13.8. The lowest BCUT2D eigenvalue weighted by atomic mass is 9.95. The van der Waals surface area contributed by atoms with Gasteiger partial charge in [0.25, 0.3) is 6.43 Å². The summed E-state index contributed by atoms with van der Waals surface area (Å²) in [5, 5.41) is 0. The summed E-state index contributed by atoms with van der Waals surface area (Å²) in [5.41, 5.74) is 6.86. The van der Waals surface area contributed by atoms with E-state index in [-0.39, 0.29) is 23.6 Å². The van der Waals surface area contributed by atoms with Crippen LogP contribution in [0, 0.1) is 0 Å². The largest absolute Gasteiger partial charge is 0.334 e. The van der Waals surface area contributed by atoms with Crippen LogP contribution in [0.1, 0.15) is 49.8 Å². The molecule has 2 atom stereocenters. The molecule has 1 aromatic rings. The van der Waals surface area contributed by atoms with Crippen molar-refractivity contribution in [2.75, 3.05) is 6.54 Å². The number of amides is 1. The van der Waals surface area contributed by atoms with Gasteiger partial charge in [-0.3, -0.25) is 4.79 Å². The average molecular weight is 282 g/mol. The van der Waals surface area contributed by atoms with Crippen molar-refractivity contribution in [3.63, 3.8) is 0 Å². The van der Waals surface area contributed by atoms with Crippen molar-refractivity contribution in [3.8, 4) is 0 Å². The fourth-order valence-electron chi connectivity index (χ4n) is 2.86. The maximum Gasteiger partial charge on any atom is 0.263 e. The molecule has 1 amide bonds. The second-order valence-electron chi connectivity index (χ2n) is 5.15. The van der Waals surface area contributed by atoms with Crippen LogP contribution in [-0.2, 0) is 4.79 Å². The molecule has 1 aliphatic heterocycles. The van der Waals surface area contributed by atoms with Crippen molar-refractivity contribution in [3.05, 3.63) is 35.4 Å². The molecule has 0 spiro atoms. The van der Waals surface area contributed by atoms with E-state index in [1.54, 1.807) is 17.0 Å². The van der Waals surface area contributed by atoms with E-state index < -0.39 is 6.43 Å². The molecule has 0 bridgehead atoms. The van der Waals surface area contributed by atoms with E-state index in [1.165, 1.54) is 12.1 Å². The topological polar surface area (TPSA) is 46.3 Å². The Balaban J connectivity index is 2.39. The van der Waals surface area contributed by atoms with Crippen molar-refractivity contribution < 1.29 is 13.6 Å². The fraction of sp³-hybridized carbons (Fsp3) is 0.533. The lowest BCUT2D eigenvalue weighted by Gasteiger charge is -2.33. The highest BCUT2D eigenvalue weighted by atomic mass is 19.3. The number of carbonyl (C=O) groups excluding carboxylic acids is 1. The molecule has 2 unspecified atom stereocenters. The van der Waals surface area contributed by atoms with Crippen molar-refractivity contribution in [1.82, 2.24) is 4.90 Å². The number of hydrogen-bond donors (Lipinski definition) is 1. The second-order valence-corrected chi connectivity index (χ2v) is 5.15. The first kappa shape index (κ1) is 14.9. The third-order valence-electron chi connectivity index (χ3n) is 3.83. The Bertz CT molecular complexity index is 479. The molecule has 2 N–H and O–H groups in total. The number of likely N-dealkylation sites (tertiary alicyclic amines) is 1. The van der Waals surface area contributed by atoms with E-state index in [9.17, 15) is 13.6 Å². The number of benzene rings is 1. The number of nitrogens with zero attached hydrogens (tertiary/aromatic N) is 1. The molecule has 0 aromatic heterocycles. The zero-order valence-electron chi connectivity index (χ0n) is 11.6. The monoisotopic (exact) mass is 282 g/mol. The van der Waals surface area contributed by atoms with Crippen LogP contribution in [0.25, 0.3) is 0 Å². The van der Waals surface area contributed by atoms with Gasteiger partial charge in [-0.2, -0.15) is 0 Å². The lowest BCUT2D eigenvalue weighted by molar-refractivity contribution is -0.133. The van der Waals surface area contributed by atoms with E-state index in [1.807, 2.05) is 6.92 Å². The van der Waals surface area contributed by atoms with E-state index in [2.05, 4.69) is 0 Å². The number of likely N-dealkylation sites (N-methyl/N-ethyl adjacent to an activating group) is 1. The Morgan fingerprint density at radius 3 is 2.85 bits per heavy atom. The highest BCUT2D eigenvalue weighted by Gasteiger charge is 2.32. The predicted molar refractivity (Wildman–Crippen MR) is 73.4 cm³/mol. The molecule has 1 aromatic carbocycles. The van der Waals surface area contributed by atoms with Crippen LogP contribution in [0.4, 0.5) is 8.78 Å². The van der Waals surface area contributed by atoms with Gasteiger partial charge in [-0.25, -0.2) is 8.78 Å². The number of carbonyl (C=O) groups is 1. The fourth-order valence-corrected chi connectivity index (χ4v) is 2.86. The third kappa shape index (κ3) is 2.98. The van der Waals surface area contributed by atoms with E-state index in [0.717, 1.165) is 12.8 Å². The maximum absolute atomic E-state index is 12.8. The Morgan fingerprint density at radius 2 is 2.20 bits per heavy atom. The van der Waals surface area contributed by atoms with E-state index >= 15 is 0 Å². The normalized spacial score (nSPS) is 24.1. The van der Waals surface area contributed by atoms with Gasteiger partial charge >= 0.3 is 0 Å². The molecule has 0 radical (unpaired) electrons.